The number of pyridine rings is 1. The molecule has 0 saturated heterocycles. The second-order valence-electron chi connectivity index (χ2n) is 7.63. The van der Waals surface area contributed by atoms with E-state index in [0.717, 1.165) is 11.1 Å². The maximum atomic E-state index is 15.7. The molecule has 0 aliphatic rings. The summed E-state index contributed by atoms with van der Waals surface area (Å²) in [5.74, 6) is -0.751. The molecule has 8 heteroatoms. The van der Waals surface area contributed by atoms with Crippen molar-refractivity contribution in [2.45, 2.75) is 6.92 Å². The monoisotopic (exact) mass is 443 g/mol. The molecule has 5 aromatic rings. The predicted octanol–water partition coefficient (Wildman–Crippen LogP) is 5.53. The first kappa shape index (κ1) is 20.6. The van der Waals surface area contributed by atoms with Crippen molar-refractivity contribution in [3.8, 4) is 39.4 Å². The number of nitrogens with zero attached hydrogens (tertiary/aromatic N) is 3. The topological polar surface area (TPSA) is 89.7 Å². The van der Waals surface area contributed by atoms with Crippen LogP contribution in [-0.2, 0) is 0 Å². The third kappa shape index (κ3) is 3.45. The second-order valence-corrected chi connectivity index (χ2v) is 7.63. The number of nitrogens with two attached hydrogens (primary N) is 1. The Bertz CT molecular complexity index is 1480. The van der Waals surface area contributed by atoms with Crippen molar-refractivity contribution < 1.29 is 13.5 Å². The van der Waals surface area contributed by atoms with Crippen LogP contribution >= 0.6 is 0 Å². The second kappa shape index (κ2) is 7.98. The van der Waals surface area contributed by atoms with E-state index in [1.54, 1.807) is 43.7 Å². The lowest BCUT2D eigenvalue weighted by Crippen LogP contribution is -1.95. The van der Waals surface area contributed by atoms with Crippen LogP contribution < -0.4 is 10.5 Å². The smallest absolute Gasteiger partial charge is 0.165 e. The number of fused-ring (bicyclic) bond motifs is 1. The Hall–Kier alpha value is -4.33. The summed E-state index contributed by atoms with van der Waals surface area (Å²) in [6.45, 7) is 1.71. The minimum Gasteiger partial charge on any atom is -0.493 e. The Balaban J connectivity index is 1.65. The zero-order chi connectivity index (χ0) is 23.1. The van der Waals surface area contributed by atoms with Crippen LogP contribution in [0.2, 0.25) is 0 Å². The lowest BCUT2D eigenvalue weighted by atomic mass is 9.98. The van der Waals surface area contributed by atoms with Gasteiger partial charge in [-0.15, -0.1) is 0 Å². The number of aromatic nitrogens is 4. The number of halogens is 2. The first-order valence-electron chi connectivity index (χ1n) is 10.1. The molecule has 0 bridgehead atoms. The van der Waals surface area contributed by atoms with Crippen LogP contribution in [0.5, 0.6) is 5.75 Å². The number of H-pyrrole nitrogens is 1. The number of aryl methyl sites for hydroxylation is 1. The van der Waals surface area contributed by atoms with Crippen molar-refractivity contribution in [3.05, 3.63) is 78.5 Å². The molecule has 3 heterocycles. The van der Waals surface area contributed by atoms with Crippen molar-refractivity contribution in [2.75, 3.05) is 12.8 Å². The number of hydrogen-bond acceptors (Lipinski definition) is 5. The van der Waals surface area contributed by atoms with Crippen molar-refractivity contribution in [1.29, 1.82) is 0 Å². The highest BCUT2D eigenvalue weighted by molar-refractivity contribution is 6.05. The van der Waals surface area contributed by atoms with Crippen LogP contribution in [0.15, 0.2) is 61.3 Å². The number of nitrogens with one attached hydrogen (secondary N) is 1. The number of benzene rings is 2. The van der Waals surface area contributed by atoms with E-state index >= 15 is 4.39 Å². The van der Waals surface area contributed by atoms with Crippen LogP contribution in [-0.4, -0.2) is 27.0 Å². The molecule has 0 aliphatic carbocycles. The molecule has 2 aromatic carbocycles. The van der Waals surface area contributed by atoms with Gasteiger partial charge < -0.3 is 15.5 Å². The maximum absolute atomic E-state index is 15.7. The molecule has 3 N–H and O–H groups in total. The van der Waals surface area contributed by atoms with E-state index in [1.807, 2.05) is 12.1 Å². The molecule has 3 aromatic heterocycles. The molecular weight excluding hydrogens is 424 g/mol. The predicted molar refractivity (Wildman–Crippen MR) is 124 cm³/mol. The molecule has 0 fully saturated rings. The summed E-state index contributed by atoms with van der Waals surface area (Å²) in [7, 11) is 1.40. The van der Waals surface area contributed by atoms with Gasteiger partial charge >= 0.3 is 0 Å². The van der Waals surface area contributed by atoms with Gasteiger partial charge in [-0.3, -0.25) is 4.98 Å². The number of ether oxygens (including phenoxy) is 1. The van der Waals surface area contributed by atoms with E-state index in [0.29, 0.717) is 27.9 Å². The average Bonchev–Trinajstić information content (AvgIpc) is 3.17. The summed E-state index contributed by atoms with van der Waals surface area (Å²) in [5, 5.41) is 0.860. The van der Waals surface area contributed by atoms with Crippen LogP contribution in [0.4, 0.5) is 14.6 Å². The van der Waals surface area contributed by atoms with Gasteiger partial charge in [-0.2, -0.15) is 0 Å². The SMILES string of the molecule is COc1c(C)cc(-c2ccc3c(-c4ccnc(-c5cncnc5)c4)[nH]c(N)c3c2F)cc1F. The molecule has 33 heavy (non-hydrogen) atoms. The lowest BCUT2D eigenvalue weighted by molar-refractivity contribution is 0.383. The Kier molecular flexibility index (Phi) is 4.97. The van der Waals surface area contributed by atoms with Crippen molar-refractivity contribution in [2.24, 2.45) is 0 Å². The average molecular weight is 443 g/mol. The third-order valence-corrected chi connectivity index (χ3v) is 5.59. The fourth-order valence-corrected chi connectivity index (χ4v) is 4.08. The fourth-order valence-electron chi connectivity index (χ4n) is 4.08. The Labute approximate surface area is 188 Å². The van der Waals surface area contributed by atoms with Gasteiger partial charge in [-0.25, -0.2) is 18.7 Å². The number of anilines is 1. The molecule has 6 nitrogen and oxygen atoms in total. The van der Waals surface area contributed by atoms with E-state index in [1.165, 1.54) is 19.5 Å². The summed E-state index contributed by atoms with van der Waals surface area (Å²) in [5.41, 5.74) is 10.3. The zero-order valence-electron chi connectivity index (χ0n) is 17.9. The summed E-state index contributed by atoms with van der Waals surface area (Å²) >= 11 is 0. The Morgan fingerprint density at radius 2 is 1.76 bits per heavy atom. The molecule has 5 rings (SSSR count). The lowest BCUT2D eigenvalue weighted by Gasteiger charge is -2.11. The Morgan fingerprint density at radius 1 is 0.970 bits per heavy atom. The highest BCUT2D eigenvalue weighted by atomic mass is 19.1. The van der Waals surface area contributed by atoms with Gasteiger partial charge in [-0.1, -0.05) is 12.1 Å². The Morgan fingerprint density at radius 3 is 2.48 bits per heavy atom. The largest absolute Gasteiger partial charge is 0.493 e. The highest BCUT2D eigenvalue weighted by Crippen LogP contribution is 2.39. The minimum absolute atomic E-state index is 0.140. The van der Waals surface area contributed by atoms with Crippen molar-refractivity contribution >= 4 is 16.6 Å². The highest BCUT2D eigenvalue weighted by Gasteiger charge is 2.19. The number of hydrogen-bond donors (Lipinski definition) is 2. The summed E-state index contributed by atoms with van der Waals surface area (Å²) < 4.78 is 35.2. The number of rotatable bonds is 4. The molecule has 0 amide bonds. The first-order chi connectivity index (χ1) is 16.0. The van der Waals surface area contributed by atoms with Crippen LogP contribution in [0.3, 0.4) is 0 Å². The van der Waals surface area contributed by atoms with Gasteiger partial charge in [-0.05, 0) is 42.3 Å². The van der Waals surface area contributed by atoms with E-state index in [-0.39, 0.29) is 22.5 Å². The quantitative estimate of drug-likeness (QED) is 0.381. The number of nitrogen functional groups attached to an aromatic ring is 1. The van der Waals surface area contributed by atoms with Crippen LogP contribution in [0.25, 0.3) is 44.4 Å². The molecular formula is C25H19F2N5O. The number of aromatic amines is 1. The van der Waals surface area contributed by atoms with Gasteiger partial charge in [0.2, 0.25) is 0 Å². The van der Waals surface area contributed by atoms with Crippen molar-refractivity contribution in [1.82, 2.24) is 19.9 Å². The summed E-state index contributed by atoms with van der Waals surface area (Å²) in [6, 6.07) is 10.0. The summed E-state index contributed by atoms with van der Waals surface area (Å²) in [6.07, 6.45) is 6.45. The van der Waals surface area contributed by atoms with Gasteiger partial charge in [0.15, 0.2) is 11.6 Å². The fraction of sp³-hybridized carbons (Fsp3) is 0.0800. The minimum atomic E-state index is -0.552. The van der Waals surface area contributed by atoms with Gasteiger partial charge in [0.05, 0.1) is 23.9 Å². The zero-order valence-corrected chi connectivity index (χ0v) is 17.9. The molecule has 0 unspecified atom stereocenters. The van der Waals surface area contributed by atoms with E-state index in [9.17, 15) is 4.39 Å². The molecule has 0 spiro atoms. The molecule has 0 saturated carbocycles. The summed E-state index contributed by atoms with van der Waals surface area (Å²) in [4.78, 5) is 15.5. The normalized spacial score (nSPS) is 11.2. The first-order valence-corrected chi connectivity index (χ1v) is 10.1. The molecule has 0 atom stereocenters. The van der Waals surface area contributed by atoms with Crippen LogP contribution in [0, 0.1) is 18.6 Å². The number of methoxy groups -OCH3 is 1. The van der Waals surface area contributed by atoms with E-state index in [4.69, 9.17) is 10.5 Å². The third-order valence-electron chi connectivity index (χ3n) is 5.59. The van der Waals surface area contributed by atoms with Gasteiger partial charge in [0.1, 0.15) is 18.0 Å². The standard InChI is InChI=1S/C25H19F2N5O/c1-13-7-15(8-19(26)24(13)33-2)17-3-4-18-21(22(17)27)25(28)32-23(18)14-5-6-31-20(9-14)16-10-29-12-30-11-16/h3-12,32H,28H2,1-2H3. The molecule has 0 aliphatic heterocycles. The van der Waals surface area contributed by atoms with Crippen LogP contribution in [0.1, 0.15) is 5.56 Å². The van der Waals surface area contributed by atoms with E-state index < -0.39 is 11.6 Å². The van der Waals surface area contributed by atoms with Gasteiger partial charge in [0, 0.05) is 40.7 Å². The molecule has 0 radical (unpaired) electrons. The van der Waals surface area contributed by atoms with E-state index in [2.05, 4.69) is 19.9 Å². The molecule has 164 valence electrons. The maximum Gasteiger partial charge on any atom is 0.165 e. The van der Waals surface area contributed by atoms with Crippen molar-refractivity contribution in [3.63, 3.8) is 0 Å². The van der Waals surface area contributed by atoms with Gasteiger partial charge in [0.25, 0.3) is 0 Å².